The lowest BCUT2D eigenvalue weighted by Gasteiger charge is -2.15. The van der Waals surface area contributed by atoms with Crippen molar-refractivity contribution in [1.29, 1.82) is 0 Å². The summed E-state index contributed by atoms with van der Waals surface area (Å²) in [7, 11) is 0. The Morgan fingerprint density at radius 1 is 1.35 bits per heavy atom. The van der Waals surface area contributed by atoms with E-state index in [1.54, 1.807) is 0 Å². The minimum atomic E-state index is 0.471. The molecule has 1 heterocycles. The number of hydrogen-bond acceptors (Lipinski definition) is 2. The first-order valence-electron chi connectivity index (χ1n) is 6.29. The highest BCUT2D eigenvalue weighted by molar-refractivity contribution is 9.10. The summed E-state index contributed by atoms with van der Waals surface area (Å²) >= 11 is 3.52. The van der Waals surface area contributed by atoms with Crippen LogP contribution in [-0.2, 0) is 4.74 Å². The molecule has 1 N–H and O–H groups in total. The maximum atomic E-state index is 5.62. The van der Waals surface area contributed by atoms with Crippen LogP contribution in [0.15, 0.2) is 16.6 Å². The lowest BCUT2D eigenvalue weighted by Crippen LogP contribution is -2.13. The van der Waals surface area contributed by atoms with Crippen molar-refractivity contribution in [3.8, 4) is 0 Å². The third-order valence-corrected chi connectivity index (χ3v) is 3.75. The Morgan fingerprint density at radius 2 is 2.06 bits per heavy atom. The van der Waals surface area contributed by atoms with Gasteiger partial charge in [-0.3, -0.25) is 0 Å². The van der Waals surface area contributed by atoms with Gasteiger partial charge in [-0.05, 0) is 56.4 Å². The number of rotatable bonds is 4. The minimum Gasteiger partial charge on any atom is -0.385 e. The largest absolute Gasteiger partial charge is 0.385 e. The van der Waals surface area contributed by atoms with Gasteiger partial charge in [0.1, 0.15) is 0 Å². The molecule has 17 heavy (non-hydrogen) atoms. The molecule has 94 valence electrons. The molecule has 0 amide bonds. The van der Waals surface area contributed by atoms with Gasteiger partial charge in [0.15, 0.2) is 0 Å². The molecule has 1 atom stereocenters. The van der Waals surface area contributed by atoms with Crippen LogP contribution in [0, 0.1) is 13.8 Å². The Bertz CT molecular complexity index is 363. The van der Waals surface area contributed by atoms with E-state index < -0.39 is 0 Å². The fourth-order valence-electron chi connectivity index (χ4n) is 2.42. The maximum Gasteiger partial charge on any atom is 0.0592 e. The Hall–Kier alpha value is -0.540. The predicted octanol–water partition coefficient (Wildman–Crippen LogP) is 4.05. The van der Waals surface area contributed by atoms with Gasteiger partial charge in [0.05, 0.1) is 6.10 Å². The molecular formula is C14H20BrNO. The highest BCUT2D eigenvalue weighted by atomic mass is 79.9. The first kappa shape index (κ1) is 12.9. The summed E-state index contributed by atoms with van der Waals surface area (Å²) in [5.41, 5.74) is 3.86. The number of aryl methyl sites for hydroxylation is 2. The van der Waals surface area contributed by atoms with Crippen molar-refractivity contribution < 1.29 is 4.74 Å². The zero-order chi connectivity index (χ0) is 12.3. The summed E-state index contributed by atoms with van der Waals surface area (Å²) in [5, 5.41) is 3.53. The molecule has 1 aliphatic heterocycles. The van der Waals surface area contributed by atoms with E-state index in [0.29, 0.717) is 6.10 Å². The van der Waals surface area contributed by atoms with Crippen LogP contribution in [0.3, 0.4) is 0 Å². The van der Waals surface area contributed by atoms with Crippen LogP contribution in [0.2, 0.25) is 0 Å². The predicted molar refractivity (Wildman–Crippen MR) is 75.7 cm³/mol. The zero-order valence-electron chi connectivity index (χ0n) is 10.6. The molecule has 2 nitrogen and oxygen atoms in total. The highest BCUT2D eigenvalue weighted by Gasteiger charge is 2.14. The third-order valence-electron chi connectivity index (χ3n) is 3.29. The number of anilines is 1. The molecular weight excluding hydrogens is 278 g/mol. The van der Waals surface area contributed by atoms with Crippen molar-refractivity contribution in [2.45, 2.75) is 39.2 Å². The molecule has 0 saturated carbocycles. The number of benzene rings is 1. The molecule has 1 fully saturated rings. The van der Waals surface area contributed by atoms with Gasteiger partial charge >= 0.3 is 0 Å². The first-order chi connectivity index (χ1) is 8.16. The molecule has 1 unspecified atom stereocenters. The SMILES string of the molecule is Cc1cc(Br)cc(C)c1NCCC1CCCO1. The number of hydrogen-bond donors (Lipinski definition) is 1. The Balaban J connectivity index is 1.89. The summed E-state index contributed by atoms with van der Waals surface area (Å²) in [6.45, 7) is 6.23. The van der Waals surface area contributed by atoms with Crippen LogP contribution >= 0.6 is 15.9 Å². The molecule has 3 heteroatoms. The highest BCUT2D eigenvalue weighted by Crippen LogP contribution is 2.25. The van der Waals surface area contributed by atoms with E-state index in [9.17, 15) is 0 Å². The second-order valence-electron chi connectivity index (χ2n) is 4.77. The van der Waals surface area contributed by atoms with Gasteiger partial charge in [-0.25, -0.2) is 0 Å². The summed E-state index contributed by atoms with van der Waals surface area (Å²) < 4.78 is 6.77. The molecule has 0 spiro atoms. The van der Waals surface area contributed by atoms with Gasteiger partial charge in [-0.15, -0.1) is 0 Å². The fourth-order valence-corrected chi connectivity index (χ4v) is 3.11. The van der Waals surface area contributed by atoms with E-state index in [0.717, 1.165) is 24.0 Å². The number of ether oxygens (including phenoxy) is 1. The lowest BCUT2D eigenvalue weighted by molar-refractivity contribution is 0.107. The van der Waals surface area contributed by atoms with Crippen LogP contribution in [0.25, 0.3) is 0 Å². The number of nitrogens with one attached hydrogen (secondary N) is 1. The molecule has 0 aliphatic carbocycles. The van der Waals surface area contributed by atoms with Crippen LogP contribution in [0.4, 0.5) is 5.69 Å². The van der Waals surface area contributed by atoms with Crippen LogP contribution < -0.4 is 5.32 Å². The number of halogens is 1. The van der Waals surface area contributed by atoms with Gasteiger partial charge in [-0.1, -0.05) is 15.9 Å². The zero-order valence-corrected chi connectivity index (χ0v) is 12.1. The standard InChI is InChI=1S/C14H20BrNO/c1-10-8-12(15)9-11(2)14(10)16-6-5-13-4-3-7-17-13/h8-9,13,16H,3-7H2,1-2H3. The van der Waals surface area contributed by atoms with Gasteiger partial charge in [0.25, 0.3) is 0 Å². The molecule has 0 bridgehead atoms. The Kier molecular flexibility index (Phi) is 4.46. The van der Waals surface area contributed by atoms with Gasteiger partial charge in [0.2, 0.25) is 0 Å². The maximum absolute atomic E-state index is 5.62. The van der Waals surface area contributed by atoms with E-state index >= 15 is 0 Å². The van der Waals surface area contributed by atoms with Crippen LogP contribution in [0.1, 0.15) is 30.4 Å². The summed E-state index contributed by atoms with van der Waals surface area (Å²) in [5.74, 6) is 0. The van der Waals surface area contributed by atoms with Gasteiger partial charge in [-0.2, -0.15) is 0 Å². The minimum absolute atomic E-state index is 0.471. The average Bonchev–Trinajstić information content (AvgIpc) is 2.74. The lowest BCUT2D eigenvalue weighted by atomic mass is 10.1. The Morgan fingerprint density at radius 3 is 2.65 bits per heavy atom. The molecule has 2 rings (SSSR count). The average molecular weight is 298 g/mol. The summed E-state index contributed by atoms with van der Waals surface area (Å²) in [4.78, 5) is 0. The van der Waals surface area contributed by atoms with Crippen molar-refractivity contribution in [1.82, 2.24) is 0 Å². The second-order valence-corrected chi connectivity index (χ2v) is 5.68. The second kappa shape index (κ2) is 5.87. The van der Waals surface area contributed by atoms with E-state index in [1.807, 2.05) is 0 Å². The molecule has 1 aromatic carbocycles. The van der Waals surface area contributed by atoms with Crippen LogP contribution in [-0.4, -0.2) is 19.3 Å². The van der Waals surface area contributed by atoms with Crippen molar-refractivity contribution >= 4 is 21.6 Å². The fraction of sp³-hybridized carbons (Fsp3) is 0.571. The molecule has 1 saturated heterocycles. The van der Waals surface area contributed by atoms with Gasteiger partial charge in [0, 0.05) is 23.3 Å². The third kappa shape index (κ3) is 3.46. The molecule has 1 aliphatic rings. The van der Waals surface area contributed by atoms with Crippen molar-refractivity contribution in [2.24, 2.45) is 0 Å². The van der Waals surface area contributed by atoms with E-state index in [2.05, 4.69) is 47.2 Å². The topological polar surface area (TPSA) is 21.3 Å². The monoisotopic (exact) mass is 297 g/mol. The van der Waals surface area contributed by atoms with Crippen LogP contribution in [0.5, 0.6) is 0 Å². The molecule has 1 aromatic rings. The summed E-state index contributed by atoms with van der Waals surface area (Å²) in [6.07, 6.45) is 4.02. The van der Waals surface area contributed by atoms with E-state index in [1.165, 1.54) is 29.7 Å². The quantitative estimate of drug-likeness (QED) is 0.905. The smallest absolute Gasteiger partial charge is 0.0592 e. The van der Waals surface area contributed by atoms with Crippen molar-refractivity contribution in [3.05, 3.63) is 27.7 Å². The normalized spacial score (nSPS) is 19.6. The molecule has 0 radical (unpaired) electrons. The van der Waals surface area contributed by atoms with Crippen molar-refractivity contribution in [3.63, 3.8) is 0 Å². The van der Waals surface area contributed by atoms with Gasteiger partial charge < -0.3 is 10.1 Å². The summed E-state index contributed by atoms with van der Waals surface area (Å²) in [6, 6.07) is 4.31. The van der Waals surface area contributed by atoms with E-state index in [-0.39, 0.29) is 0 Å². The first-order valence-corrected chi connectivity index (χ1v) is 7.08. The Labute approximate surface area is 112 Å². The molecule has 0 aromatic heterocycles. The van der Waals surface area contributed by atoms with E-state index in [4.69, 9.17) is 4.74 Å². The van der Waals surface area contributed by atoms with Crippen molar-refractivity contribution in [2.75, 3.05) is 18.5 Å².